The molecule has 3 aromatic carbocycles. The van der Waals surface area contributed by atoms with Gasteiger partial charge in [-0.2, -0.15) is 0 Å². The molecule has 0 aromatic heterocycles. The average Bonchev–Trinajstić information content (AvgIpc) is 3.10. The maximum Gasteiger partial charge on any atom is 0.408 e. The number of benzene rings is 3. The Balaban J connectivity index is 1.39. The molecule has 10 nitrogen and oxygen atoms in total. The Morgan fingerprint density at radius 3 is 2.42 bits per heavy atom. The Kier molecular flexibility index (Phi) is 12.1. The lowest BCUT2D eigenvalue weighted by atomic mass is 9.90. The van der Waals surface area contributed by atoms with Crippen molar-refractivity contribution in [2.45, 2.75) is 83.6 Å². The third-order valence-electron chi connectivity index (χ3n) is 9.27. The highest BCUT2D eigenvalue weighted by atomic mass is 16.5. The molecule has 1 saturated heterocycles. The number of ether oxygens (including phenoxy) is 2. The van der Waals surface area contributed by atoms with Gasteiger partial charge in [-0.1, -0.05) is 66.7 Å². The molecule has 2 aliphatic rings. The third kappa shape index (κ3) is 9.82. The van der Waals surface area contributed by atoms with Gasteiger partial charge in [-0.05, 0) is 86.3 Å². The molecule has 4 amide bonds. The van der Waals surface area contributed by atoms with Gasteiger partial charge in [-0.3, -0.25) is 14.4 Å². The van der Waals surface area contributed by atoms with E-state index in [-0.39, 0.29) is 43.3 Å². The van der Waals surface area contributed by atoms with Gasteiger partial charge in [0.2, 0.25) is 17.7 Å². The molecule has 0 spiro atoms. The number of nitrogens with one attached hydrogen (secondary N) is 3. The second kappa shape index (κ2) is 16.8. The van der Waals surface area contributed by atoms with E-state index in [1.165, 1.54) is 0 Å². The van der Waals surface area contributed by atoms with E-state index >= 15 is 0 Å². The number of amides is 4. The van der Waals surface area contributed by atoms with E-state index in [2.05, 4.69) is 16.0 Å². The van der Waals surface area contributed by atoms with Crippen molar-refractivity contribution >= 4 is 23.8 Å². The van der Waals surface area contributed by atoms with Crippen molar-refractivity contribution < 1.29 is 28.7 Å². The molecule has 0 saturated carbocycles. The molecule has 2 heterocycles. The third-order valence-corrected chi connectivity index (χ3v) is 9.27. The number of fused-ring (bicyclic) bond motifs is 4. The number of rotatable bonds is 6. The normalized spacial score (nSPS) is 22.3. The van der Waals surface area contributed by atoms with Gasteiger partial charge >= 0.3 is 6.09 Å². The highest BCUT2D eigenvalue weighted by Crippen LogP contribution is 2.26. The number of alkyl carbamates (subject to hydrolysis) is 1. The summed E-state index contributed by atoms with van der Waals surface area (Å²) in [6.45, 7) is 5.28. The fourth-order valence-electron chi connectivity index (χ4n) is 6.25. The molecule has 3 aromatic rings. The van der Waals surface area contributed by atoms with Gasteiger partial charge in [-0.25, -0.2) is 4.79 Å². The number of aryl methyl sites for hydroxylation is 2. The number of carbonyl (C=O) groups excluding carboxylic acids is 4. The van der Waals surface area contributed by atoms with E-state index in [0.29, 0.717) is 26.0 Å². The summed E-state index contributed by atoms with van der Waals surface area (Å²) in [6, 6.07) is 22.6. The van der Waals surface area contributed by atoms with Gasteiger partial charge in [0.25, 0.3) is 0 Å². The van der Waals surface area contributed by atoms with Crippen LogP contribution in [-0.4, -0.2) is 60.0 Å². The van der Waals surface area contributed by atoms with Crippen LogP contribution in [0.15, 0.2) is 78.9 Å². The molecule has 254 valence electrons. The summed E-state index contributed by atoms with van der Waals surface area (Å²) >= 11 is 0. The molecule has 2 unspecified atom stereocenters. The second-order valence-corrected chi connectivity index (χ2v) is 12.8. The Hall–Kier alpha value is -4.86. The summed E-state index contributed by atoms with van der Waals surface area (Å²) < 4.78 is 11.5. The van der Waals surface area contributed by atoms with Crippen molar-refractivity contribution in [1.82, 2.24) is 20.9 Å². The molecule has 2 aliphatic heterocycles. The average molecular weight is 655 g/mol. The Morgan fingerprint density at radius 2 is 1.67 bits per heavy atom. The van der Waals surface area contributed by atoms with E-state index < -0.39 is 24.1 Å². The molecule has 10 heteroatoms. The topological polar surface area (TPSA) is 126 Å². The fourth-order valence-corrected chi connectivity index (χ4v) is 6.25. The maximum absolute atomic E-state index is 13.9. The minimum atomic E-state index is -1.25. The van der Waals surface area contributed by atoms with Crippen molar-refractivity contribution in [3.8, 4) is 5.75 Å². The van der Waals surface area contributed by atoms with E-state index in [1.54, 1.807) is 4.90 Å². The predicted octanol–water partition coefficient (Wildman–Crippen LogP) is 4.82. The number of nitrogens with zero attached hydrogens (tertiary/aromatic N) is 1. The zero-order chi connectivity index (χ0) is 33.9. The fraction of sp³-hybridized carbons (Fsp3) is 0.421. The van der Waals surface area contributed by atoms with Crippen LogP contribution in [0.2, 0.25) is 0 Å². The van der Waals surface area contributed by atoms with Crippen molar-refractivity contribution in [2.75, 3.05) is 13.2 Å². The molecular weight excluding hydrogens is 608 g/mol. The molecule has 1 fully saturated rings. The first kappa shape index (κ1) is 34.5. The van der Waals surface area contributed by atoms with Crippen molar-refractivity contribution in [3.05, 3.63) is 101 Å². The molecule has 4 bridgehead atoms. The molecule has 4 atom stereocenters. The minimum Gasteiger partial charge on any atom is -0.494 e. The molecular formula is C38H46N4O6. The molecule has 0 aliphatic carbocycles. The lowest BCUT2D eigenvalue weighted by Crippen LogP contribution is -2.56. The summed E-state index contributed by atoms with van der Waals surface area (Å²) in [7, 11) is 0. The quantitative estimate of drug-likeness (QED) is 0.350. The summed E-state index contributed by atoms with van der Waals surface area (Å²) in [6.07, 6.45) is 2.32. The predicted molar refractivity (Wildman–Crippen MR) is 182 cm³/mol. The molecule has 0 radical (unpaired) electrons. The Labute approximate surface area is 282 Å². The van der Waals surface area contributed by atoms with Gasteiger partial charge in [-0.15, -0.1) is 0 Å². The van der Waals surface area contributed by atoms with Crippen molar-refractivity contribution in [3.63, 3.8) is 0 Å². The van der Waals surface area contributed by atoms with E-state index in [1.807, 2.05) is 92.7 Å². The van der Waals surface area contributed by atoms with E-state index in [9.17, 15) is 19.2 Å². The Bertz CT molecular complexity index is 1550. The Morgan fingerprint density at radius 1 is 0.938 bits per heavy atom. The summed E-state index contributed by atoms with van der Waals surface area (Å²) in [4.78, 5) is 56.2. The lowest BCUT2D eigenvalue weighted by Gasteiger charge is -2.38. The highest BCUT2D eigenvalue weighted by Gasteiger charge is 2.34. The van der Waals surface area contributed by atoms with Gasteiger partial charge in [0, 0.05) is 19.1 Å². The van der Waals surface area contributed by atoms with E-state index in [4.69, 9.17) is 9.47 Å². The summed E-state index contributed by atoms with van der Waals surface area (Å²) in [5.74, 6) is -0.263. The lowest BCUT2D eigenvalue weighted by molar-refractivity contribution is -0.139. The van der Waals surface area contributed by atoms with Crippen LogP contribution in [0.4, 0.5) is 4.79 Å². The number of hydrogen-bond donors (Lipinski definition) is 3. The first-order valence-corrected chi connectivity index (χ1v) is 16.9. The summed E-state index contributed by atoms with van der Waals surface area (Å²) in [5.41, 5.74) is 3.73. The van der Waals surface area contributed by atoms with Crippen LogP contribution in [0, 0.1) is 12.8 Å². The monoisotopic (exact) mass is 654 g/mol. The first-order chi connectivity index (χ1) is 23.2. The SMILES string of the molecule is Cc1ccc2cc1CNC(=O)[C@H](CCc1ccccc1)NC(=O)[C@@H](NC(=O)OCc1ccccc1)CC(=O)N1CC(CCO2)CCC1C. The van der Waals surface area contributed by atoms with Gasteiger partial charge in [0.15, 0.2) is 0 Å². The van der Waals surface area contributed by atoms with Crippen LogP contribution >= 0.6 is 0 Å². The summed E-state index contributed by atoms with van der Waals surface area (Å²) in [5, 5.41) is 8.48. The second-order valence-electron chi connectivity index (χ2n) is 12.8. The van der Waals surface area contributed by atoms with Gasteiger partial charge in [0.05, 0.1) is 13.0 Å². The molecule has 5 rings (SSSR count). The highest BCUT2D eigenvalue weighted by molar-refractivity contribution is 5.94. The van der Waals surface area contributed by atoms with Crippen LogP contribution < -0.4 is 20.7 Å². The molecule has 48 heavy (non-hydrogen) atoms. The van der Waals surface area contributed by atoms with Crippen LogP contribution in [0.1, 0.15) is 61.3 Å². The van der Waals surface area contributed by atoms with Crippen LogP contribution in [0.25, 0.3) is 0 Å². The first-order valence-electron chi connectivity index (χ1n) is 16.9. The maximum atomic E-state index is 13.9. The number of hydrogen-bond acceptors (Lipinski definition) is 6. The zero-order valence-electron chi connectivity index (χ0n) is 27.8. The van der Waals surface area contributed by atoms with Crippen LogP contribution in [0.3, 0.4) is 0 Å². The van der Waals surface area contributed by atoms with Crippen molar-refractivity contribution in [2.24, 2.45) is 5.92 Å². The largest absolute Gasteiger partial charge is 0.494 e. The minimum absolute atomic E-state index is 0.00456. The smallest absolute Gasteiger partial charge is 0.408 e. The van der Waals surface area contributed by atoms with Gasteiger partial charge < -0.3 is 30.3 Å². The standard InChI is InChI=1S/C38H46N4O6/c1-26-13-17-32-21-31(26)23-39-36(44)33(18-16-28-9-5-3-6-10-28)40-37(45)34(41-38(46)48-25-30-11-7-4-8-12-30)22-35(43)42-24-29(19-20-47-32)15-14-27(42)2/h3-13,17,21,27,29,33-34H,14-16,18-20,22-25H2,1-2H3,(H,39,44)(H,40,45)(H,41,46)/t27?,29?,33-,34-/m0/s1. The van der Waals surface area contributed by atoms with E-state index in [0.717, 1.165) is 47.3 Å². The van der Waals surface area contributed by atoms with Crippen molar-refractivity contribution in [1.29, 1.82) is 0 Å². The molecule has 3 N–H and O–H groups in total. The zero-order valence-corrected chi connectivity index (χ0v) is 27.8. The van der Waals surface area contributed by atoms with Crippen LogP contribution in [-0.2, 0) is 38.7 Å². The number of carbonyl (C=O) groups is 4. The number of piperidine rings is 1. The van der Waals surface area contributed by atoms with Crippen LogP contribution in [0.5, 0.6) is 5.75 Å². The van der Waals surface area contributed by atoms with Gasteiger partial charge in [0.1, 0.15) is 24.4 Å².